The minimum atomic E-state index is -0.698. The molecule has 0 bridgehead atoms. The molecule has 26 heavy (non-hydrogen) atoms. The molecule has 3 aromatic rings. The molecule has 1 aromatic carbocycles. The quantitative estimate of drug-likeness (QED) is 0.521. The summed E-state index contributed by atoms with van der Waals surface area (Å²) in [6.45, 7) is 2.45. The Balaban J connectivity index is 1.76. The van der Waals surface area contributed by atoms with Crippen LogP contribution in [-0.2, 0) is 13.1 Å². The van der Waals surface area contributed by atoms with Gasteiger partial charge in [0.2, 0.25) is 11.6 Å². The van der Waals surface area contributed by atoms with Gasteiger partial charge >= 0.3 is 5.69 Å². The summed E-state index contributed by atoms with van der Waals surface area (Å²) in [4.78, 5) is 26.8. The normalized spacial score (nSPS) is 10.7. The number of carbonyl (C=O) groups is 1. The van der Waals surface area contributed by atoms with Gasteiger partial charge in [0, 0.05) is 11.6 Å². The summed E-state index contributed by atoms with van der Waals surface area (Å²) < 4.78 is 2.77. The van der Waals surface area contributed by atoms with Crippen LogP contribution in [0.25, 0.3) is 0 Å². The van der Waals surface area contributed by atoms with Gasteiger partial charge in [0.1, 0.15) is 12.5 Å². The van der Waals surface area contributed by atoms with E-state index in [1.54, 1.807) is 19.1 Å². The molecule has 0 fully saturated rings. The summed E-state index contributed by atoms with van der Waals surface area (Å²) in [6, 6.07) is 7.27. The Hall–Kier alpha value is -3.27. The zero-order valence-electron chi connectivity index (χ0n) is 13.7. The molecule has 0 saturated heterocycles. The van der Waals surface area contributed by atoms with Crippen LogP contribution in [0.4, 0.5) is 11.6 Å². The van der Waals surface area contributed by atoms with E-state index in [0.29, 0.717) is 18.1 Å². The maximum atomic E-state index is 12.4. The van der Waals surface area contributed by atoms with Crippen molar-refractivity contribution >= 4 is 29.1 Å². The molecule has 2 aromatic heterocycles. The van der Waals surface area contributed by atoms with E-state index in [2.05, 4.69) is 20.5 Å². The maximum Gasteiger partial charge on any atom is 0.320 e. The Bertz CT molecular complexity index is 966. The number of benzene rings is 1. The molecule has 10 nitrogen and oxygen atoms in total. The summed E-state index contributed by atoms with van der Waals surface area (Å²) in [5.41, 5.74) is 0.395. The van der Waals surface area contributed by atoms with Crippen molar-refractivity contribution in [3.8, 4) is 0 Å². The molecule has 3 rings (SSSR count). The highest BCUT2D eigenvalue weighted by molar-refractivity contribution is 6.30. The minimum Gasteiger partial charge on any atom is -0.288 e. The Kier molecular flexibility index (Phi) is 4.94. The Morgan fingerprint density at radius 2 is 2.23 bits per heavy atom. The van der Waals surface area contributed by atoms with Crippen molar-refractivity contribution in [2.75, 3.05) is 5.32 Å². The largest absolute Gasteiger partial charge is 0.320 e. The number of hydrogen-bond donors (Lipinski definition) is 1. The number of nitrogens with zero attached hydrogens (tertiary/aromatic N) is 6. The summed E-state index contributed by atoms with van der Waals surface area (Å²) in [5, 5.41) is 22.1. The van der Waals surface area contributed by atoms with Crippen LogP contribution in [0.5, 0.6) is 0 Å². The number of nitro groups is 1. The first-order chi connectivity index (χ1) is 12.5. The number of aryl methyl sites for hydroxylation is 1. The molecule has 0 atom stereocenters. The lowest BCUT2D eigenvalue weighted by Crippen LogP contribution is -2.19. The summed E-state index contributed by atoms with van der Waals surface area (Å²) in [5.74, 6) is -0.660. The molecule has 0 aliphatic rings. The van der Waals surface area contributed by atoms with Gasteiger partial charge in [-0.2, -0.15) is 5.10 Å². The lowest BCUT2D eigenvalue weighted by Gasteiger charge is -2.04. The summed E-state index contributed by atoms with van der Waals surface area (Å²) in [6.07, 6.45) is 2.49. The van der Waals surface area contributed by atoms with Crippen molar-refractivity contribution in [1.29, 1.82) is 0 Å². The van der Waals surface area contributed by atoms with E-state index in [1.807, 2.05) is 12.1 Å². The second-order valence-electron chi connectivity index (χ2n) is 5.30. The van der Waals surface area contributed by atoms with Crippen LogP contribution < -0.4 is 5.32 Å². The fourth-order valence-electron chi connectivity index (χ4n) is 2.39. The van der Waals surface area contributed by atoms with Gasteiger partial charge in [-0.1, -0.05) is 23.7 Å². The number of halogens is 1. The van der Waals surface area contributed by atoms with Gasteiger partial charge in [-0.05, 0) is 24.6 Å². The van der Waals surface area contributed by atoms with Crippen LogP contribution in [0.1, 0.15) is 23.0 Å². The average Bonchev–Trinajstić information content (AvgIpc) is 3.21. The number of nitrogens with one attached hydrogen (secondary N) is 1. The van der Waals surface area contributed by atoms with E-state index in [0.717, 1.165) is 11.8 Å². The third kappa shape index (κ3) is 3.70. The molecular formula is C15H14ClN7O3. The smallest absolute Gasteiger partial charge is 0.288 e. The van der Waals surface area contributed by atoms with E-state index in [-0.39, 0.29) is 17.3 Å². The number of amides is 1. The number of hydrogen-bond acceptors (Lipinski definition) is 6. The van der Waals surface area contributed by atoms with Gasteiger partial charge in [-0.3, -0.25) is 24.9 Å². The first-order valence-electron chi connectivity index (χ1n) is 7.63. The molecule has 0 spiro atoms. The van der Waals surface area contributed by atoms with Crippen molar-refractivity contribution in [2.24, 2.45) is 0 Å². The number of rotatable bonds is 6. The molecule has 11 heteroatoms. The zero-order valence-corrected chi connectivity index (χ0v) is 14.4. The third-order valence-electron chi connectivity index (χ3n) is 3.53. The van der Waals surface area contributed by atoms with Gasteiger partial charge in [0.25, 0.3) is 5.91 Å². The van der Waals surface area contributed by atoms with Gasteiger partial charge in [0.05, 0.1) is 11.5 Å². The molecule has 0 aliphatic heterocycles. The zero-order chi connectivity index (χ0) is 18.7. The molecule has 0 unspecified atom stereocenters. The molecule has 1 N–H and O–H groups in total. The van der Waals surface area contributed by atoms with Crippen LogP contribution >= 0.6 is 11.6 Å². The minimum absolute atomic E-state index is 0.0372. The molecule has 0 aliphatic carbocycles. The van der Waals surface area contributed by atoms with Gasteiger partial charge in [0.15, 0.2) is 0 Å². The highest BCUT2D eigenvalue weighted by atomic mass is 35.5. The molecular weight excluding hydrogens is 362 g/mol. The molecule has 1 amide bonds. The van der Waals surface area contributed by atoms with Gasteiger partial charge in [-0.25, -0.2) is 9.67 Å². The van der Waals surface area contributed by atoms with Gasteiger partial charge < -0.3 is 0 Å². The van der Waals surface area contributed by atoms with Crippen molar-refractivity contribution in [3.05, 3.63) is 63.2 Å². The van der Waals surface area contributed by atoms with E-state index < -0.39 is 10.8 Å². The SMILES string of the molecule is CCn1ncc([N+](=O)[O-])c1C(=O)Nc1ncn(Cc2cccc(Cl)c2)n1. The van der Waals surface area contributed by atoms with Crippen LogP contribution in [0.3, 0.4) is 0 Å². The first kappa shape index (κ1) is 17.5. The highest BCUT2D eigenvalue weighted by Crippen LogP contribution is 2.19. The summed E-state index contributed by atoms with van der Waals surface area (Å²) in [7, 11) is 0. The Labute approximate surface area is 152 Å². The van der Waals surface area contributed by atoms with E-state index >= 15 is 0 Å². The van der Waals surface area contributed by atoms with Crippen LogP contribution in [0.15, 0.2) is 36.8 Å². The number of carbonyl (C=O) groups excluding carboxylic acids is 1. The van der Waals surface area contributed by atoms with E-state index in [9.17, 15) is 14.9 Å². The van der Waals surface area contributed by atoms with Gasteiger partial charge in [-0.15, -0.1) is 5.10 Å². The Morgan fingerprint density at radius 3 is 2.92 bits per heavy atom. The van der Waals surface area contributed by atoms with E-state index in [4.69, 9.17) is 11.6 Å². The van der Waals surface area contributed by atoms with Crippen LogP contribution in [-0.4, -0.2) is 35.4 Å². The molecule has 0 saturated carbocycles. The van der Waals surface area contributed by atoms with E-state index in [1.165, 1.54) is 15.7 Å². The van der Waals surface area contributed by atoms with Crippen molar-refractivity contribution in [2.45, 2.75) is 20.0 Å². The standard InChI is InChI=1S/C15H14ClN7O3/c1-2-22-13(12(7-18-22)23(25)26)14(24)19-15-17-9-21(20-15)8-10-4-3-5-11(16)6-10/h3-7,9H,2,8H2,1H3,(H,19,20,24). The highest BCUT2D eigenvalue weighted by Gasteiger charge is 2.27. The average molecular weight is 376 g/mol. The lowest BCUT2D eigenvalue weighted by atomic mass is 10.2. The van der Waals surface area contributed by atoms with Crippen molar-refractivity contribution in [3.63, 3.8) is 0 Å². The topological polar surface area (TPSA) is 121 Å². The predicted molar refractivity (Wildman–Crippen MR) is 93.1 cm³/mol. The van der Waals surface area contributed by atoms with Crippen LogP contribution in [0, 0.1) is 10.1 Å². The van der Waals surface area contributed by atoms with Crippen molar-refractivity contribution < 1.29 is 9.72 Å². The van der Waals surface area contributed by atoms with Crippen LogP contribution in [0.2, 0.25) is 5.02 Å². The maximum absolute atomic E-state index is 12.4. The monoisotopic (exact) mass is 375 g/mol. The first-order valence-corrected chi connectivity index (χ1v) is 8.01. The molecule has 0 radical (unpaired) electrons. The lowest BCUT2D eigenvalue weighted by molar-refractivity contribution is -0.385. The predicted octanol–water partition coefficient (Wildman–Crippen LogP) is 2.36. The fraction of sp³-hybridized carbons (Fsp3) is 0.200. The second kappa shape index (κ2) is 7.31. The molecule has 2 heterocycles. The Morgan fingerprint density at radius 1 is 1.42 bits per heavy atom. The summed E-state index contributed by atoms with van der Waals surface area (Å²) >= 11 is 5.95. The number of aromatic nitrogens is 5. The number of anilines is 1. The van der Waals surface area contributed by atoms with Crippen molar-refractivity contribution in [1.82, 2.24) is 24.5 Å². The second-order valence-corrected chi connectivity index (χ2v) is 5.74. The third-order valence-corrected chi connectivity index (χ3v) is 3.76. The fourth-order valence-corrected chi connectivity index (χ4v) is 2.61. The molecule has 134 valence electrons.